The largest absolute Gasteiger partial charge is 0.306 e. The van der Waals surface area contributed by atoms with Crippen molar-refractivity contribution in [3.05, 3.63) is 23.5 Å². The van der Waals surface area contributed by atoms with E-state index < -0.39 is 0 Å². The summed E-state index contributed by atoms with van der Waals surface area (Å²) < 4.78 is 1.89. The highest BCUT2D eigenvalue weighted by molar-refractivity contribution is 6.06. The molecule has 2 aromatic rings. The minimum Gasteiger partial charge on any atom is -0.306 e. The normalized spacial score (nSPS) is 16.6. The van der Waals surface area contributed by atoms with Crippen LogP contribution < -0.4 is 0 Å². The third kappa shape index (κ3) is 2.58. The number of rotatable bonds is 4. The van der Waals surface area contributed by atoms with Crippen LogP contribution in [0.15, 0.2) is 12.3 Å². The van der Waals surface area contributed by atoms with E-state index in [1.165, 1.54) is 0 Å². The molecule has 0 radical (unpaired) electrons. The minimum atomic E-state index is 0.215. The molecule has 0 aliphatic carbocycles. The van der Waals surface area contributed by atoms with Crippen molar-refractivity contribution in [2.45, 2.75) is 33.2 Å². The van der Waals surface area contributed by atoms with Gasteiger partial charge in [0, 0.05) is 42.2 Å². The fraction of sp³-hybridized carbons (Fsp3) is 0.562. The third-order valence-electron chi connectivity index (χ3n) is 4.10. The fourth-order valence-corrected chi connectivity index (χ4v) is 3.08. The number of hydrogen-bond acceptors (Lipinski definition) is 4. The van der Waals surface area contributed by atoms with Gasteiger partial charge in [-0.05, 0) is 39.8 Å². The average Bonchev–Trinajstić information content (AvgIpc) is 2.79. The Hall–Kier alpha value is -1.75. The van der Waals surface area contributed by atoms with Crippen molar-refractivity contribution < 1.29 is 4.79 Å². The number of carbonyl (C=O) groups excluding carboxylic acids is 1. The standard InChI is InChI=1S/C16H22N4O/c1-10(2)20-16-14(7-17-20)13(5-11(3)18-16)15(21)6-12-8-19(4)9-12/h5,7,10,12H,6,8-9H2,1-4H3. The van der Waals surface area contributed by atoms with Crippen molar-refractivity contribution >= 4 is 16.8 Å². The van der Waals surface area contributed by atoms with E-state index in [0.29, 0.717) is 12.3 Å². The van der Waals surface area contributed by atoms with Crippen molar-refractivity contribution in [2.75, 3.05) is 20.1 Å². The van der Waals surface area contributed by atoms with Crippen molar-refractivity contribution in [3.63, 3.8) is 0 Å². The molecule has 0 N–H and O–H groups in total. The summed E-state index contributed by atoms with van der Waals surface area (Å²) in [6.45, 7) is 8.11. The van der Waals surface area contributed by atoms with Crippen LogP contribution in [0, 0.1) is 12.8 Å². The third-order valence-corrected chi connectivity index (χ3v) is 4.10. The SMILES string of the molecule is Cc1cc(C(=O)CC2CN(C)C2)c2cnn(C(C)C)c2n1. The number of pyridine rings is 1. The molecule has 0 spiro atoms. The summed E-state index contributed by atoms with van der Waals surface area (Å²) in [6, 6.07) is 2.14. The van der Waals surface area contributed by atoms with Gasteiger partial charge in [-0.15, -0.1) is 0 Å². The van der Waals surface area contributed by atoms with Crippen LogP contribution in [0.4, 0.5) is 0 Å². The molecule has 5 nitrogen and oxygen atoms in total. The van der Waals surface area contributed by atoms with Gasteiger partial charge in [0.05, 0.1) is 6.20 Å². The quantitative estimate of drug-likeness (QED) is 0.810. The van der Waals surface area contributed by atoms with E-state index in [-0.39, 0.29) is 11.8 Å². The molecule has 0 unspecified atom stereocenters. The Labute approximate surface area is 125 Å². The Morgan fingerprint density at radius 1 is 1.43 bits per heavy atom. The second-order valence-corrected chi connectivity index (χ2v) is 6.45. The van der Waals surface area contributed by atoms with Gasteiger partial charge >= 0.3 is 0 Å². The Bertz CT molecular complexity index is 683. The molecule has 0 amide bonds. The molecular weight excluding hydrogens is 264 g/mol. The zero-order valence-electron chi connectivity index (χ0n) is 13.1. The zero-order valence-corrected chi connectivity index (χ0v) is 13.1. The lowest BCUT2D eigenvalue weighted by atomic mass is 9.91. The van der Waals surface area contributed by atoms with Gasteiger partial charge in [0.25, 0.3) is 0 Å². The number of Topliss-reactive ketones (excluding diaryl/α,β-unsaturated/α-hetero) is 1. The highest BCUT2D eigenvalue weighted by Crippen LogP contribution is 2.25. The first-order chi connectivity index (χ1) is 9.95. The molecule has 3 rings (SSSR count). The smallest absolute Gasteiger partial charge is 0.164 e. The van der Waals surface area contributed by atoms with Crippen LogP contribution >= 0.6 is 0 Å². The number of nitrogens with zero attached hydrogens (tertiary/aromatic N) is 4. The summed E-state index contributed by atoms with van der Waals surface area (Å²) in [7, 11) is 2.09. The molecule has 0 aromatic carbocycles. The number of hydrogen-bond donors (Lipinski definition) is 0. The second kappa shape index (κ2) is 5.22. The first kappa shape index (κ1) is 14.2. The van der Waals surface area contributed by atoms with Gasteiger partial charge in [-0.2, -0.15) is 5.10 Å². The van der Waals surface area contributed by atoms with Gasteiger partial charge in [0.2, 0.25) is 0 Å². The van der Waals surface area contributed by atoms with Crippen molar-refractivity contribution in [1.29, 1.82) is 0 Å². The van der Waals surface area contributed by atoms with E-state index in [2.05, 4.69) is 35.9 Å². The topological polar surface area (TPSA) is 51.0 Å². The maximum Gasteiger partial charge on any atom is 0.164 e. The molecule has 5 heteroatoms. The molecule has 0 atom stereocenters. The van der Waals surface area contributed by atoms with Crippen LogP contribution in [0.1, 0.15) is 42.4 Å². The molecule has 0 saturated carbocycles. The molecule has 21 heavy (non-hydrogen) atoms. The summed E-state index contributed by atoms with van der Waals surface area (Å²) >= 11 is 0. The molecule has 2 aromatic heterocycles. The average molecular weight is 286 g/mol. The first-order valence-electron chi connectivity index (χ1n) is 7.52. The zero-order chi connectivity index (χ0) is 15.1. The Balaban J connectivity index is 1.96. The lowest BCUT2D eigenvalue weighted by Crippen LogP contribution is -2.44. The number of aryl methyl sites for hydroxylation is 1. The van der Waals surface area contributed by atoms with Gasteiger partial charge in [-0.25, -0.2) is 9.67 Å². The summed E-state index contributed by atoms with van der Waals surface area (Å²) in [5, 5.41) is 5.28. The van der Waals surface area contributed by atoms with Crippen LogP contribution in [0.5, 0.6) is 0 Å². The number of aromatic nitrogens is 3. The lowest BCUT2D eigenvalue weighted by Gasteiger charge is -2.35. The van der Waals surface area contributed by atoms with E-state index in [9.17, 15) is 4.79 Å². The van der Waals surface area contributed by atoms with Crippen molar-refractivity contribution in [1.82, 2.24) is 19.7 Å². The van der Waals surface area contributed by atoms with E-state index in [0.717, 1.165) is 35.4 Å². The van der Waals surface area contributed by atoms with Crippen LogP contribution in [-0.4, -0.2) is 45.6 Å². The Morgan fingerprint density at radius 3 is 2.76 bits per heavy atom. The van der Waals surface area contributed by atoms with E-state index in [1.54, 1.807) is 6.20 Å². The van der Waals surface area contributed by atoms with Crippen LogP contribution in [-0.2, 0) is 0 Å². The number of likely N-dealkylation sites (tertiary alicyclic amines) is 1. The minimum absolute atomic E-state index is 0.215. The highest BCUT2D eigenvalue weighted by Gasteiger charge is 2.27. The van der Waals surface area contributed by atoms with Gasteiger partial charge in [-0.1, -0.05) is 0 Å². The van der Waals surface area contributed by atoms with Gasteiger partial charge in [0.1, 0.15) is 0 Å². The van der Waals surface area contributed by atoms with Crippen LogP contribution in [0.2, 0.25) is 0 Å². The summed E-state index contributed by atoms with van der Waals surface area (Å²) in [6.07, 6.45) is 2.40. The number of ketones is 1. The van der Waals surface area contributed by atoms with E-state index in [4.69, 9.17) is 0 Å². The highest BCUT2D eigenvalue weighted by atomic mass is 16.1. The Morgan fingerprint density at radius 2 is 2.14 bits per heavy atom. The van der Waals surface area contributed by atoms with Crippen LogP contribution in [0.25, 0.3) is 11.0 Å². The van der Waals surface area contributed by atoms with Crippen molar-refractivity contribution in [3.8, 4) is 0 Å². The first-order valence-corrected chi connectivity index (χ1v) is 7.52. The van der Waals surface area contributed by atoms with Crippen LogP contribution in [0.3, 0.4) is 0 Å². The summed E-state index contributed by atoms with van der Waals surface area (Å²) in [5.74, 6) is 0.707. The maximum absolute atomic E-state index is 12.6. The molecule has 1 fully saturated rings. The van der Waals surface area contributed by atoms with Crippen molar-refractivity contribution in [2.24, 2.45) is 5.92 Å². The lowest BCUT2D eigenvalue weighted by molar-refractivity contribution is 0.0837. The molecule has 1 saturated heterocycles. The number of carbonyl (C=O) groups is 1. The molecule has 112 valence electrons. The predicted molar refractivity (Wildman–Crippen MR) is 82.6 cm³/mol. The molecule has 1 aliphatic rings. The molecule has 3 heterocycles. The molecular formula is C16H22N4O. The summed E-state index contributed by atoms with van der Waals surface area (Å²) in [4.78, 5) is 19.4. The van der Waals surface area contributed by atoms with Gasteiger partial charge < -0.3 is 4.90 Å². The van der Waals surface area contributed by atoms with Gasteiger partial charge in [-0.3, -0.25) is 4.79 Å². The number of fused-ring (bicyclic) bond motifs is 1. The fourth-order valence-electron chi connectivity index (χ4n) is 3.08. The predicted octanol–water partition coefficient (Wildman–Crippen LogP) is 2.46. The molecule has 1 aliphatic heterocycles. The monoisotopic (exact) mass is 286 g/mol. The summed E-state index contributed by atoms with van der Waals surface area (Å²) in [5.41, 5.74) is 2.47. The van der Waals surface area contributed by atoms with Gasteiger partial charge in [0.15, 0.2) is 11.4 Å². The second-order valence-electron chi connectivity index (χ2n) is 6.45. The van der Waals surface area contributed by atoms with E-state index in [1.807, 2.05) is 17.7 Å². The molecule has 0 bridgehead atoms. The Kier molecular flexibility index (Phi) is 3.53. The van der Waals surface area contributed by atoms with E-state index >= 15 is 0 Å². The maximum atomic E-state index is 12.6.